The van der Waals surface area contributed by atoms with Crippen molar-refractivity contribution < 1.29 is 0 Å². The van der Waals surface area contributed by atoms with E-state index in [-0.39, 0.29) is 6.04 Å². The lowest BCUT2D eigenvalue weighted by Crippen LogP contribution is -2.16. The zero-order valence-corrected chi connectivity index (χ0v) is 11.5. The van der Waals surface area contributed by atoms with Crippen molar-refractivity contribution in [1.82, 2.24) is 24.8 Å². The maximum Gasteiger partial charge on any atom is 0.235 e. The van der Waals surface area contributed by atoms with E-state index in [2.05, 4.69) is 34.1 Å². The summed E-state index contributed by atoms with van der Waals surface area (Å²) >= 11 is 1.49. The molecule has 98 valence electrons. The Morgan fingerprint density at radius 2 is 1.95 bits per heavy atom. The van der Waals surface area contributed by atoms with Crippen LogP contribution in [0.25, 0.3) is 16.3 Å². The summed E-state index contributed by atoms with van der Waals surface area (Å²) in [4.78, 5) is 4.76. The smallest absolute Gasteiger partial charge is 0.235 e. The van der Waals surface area contributed by atoms with Gasteiger partial charge in [0.05, 0.1) is 6.04 Å². The Hall–Kier alpha value is -1.86. The Morgan fingerprint density at radius 3 is 2.63 bits per heavy atom. The molecule has 3 aromatic heterocycles. The molecule has 0 aliphatic rings. The normalized spacial score (nSPS) is 13.3. The maximum atomic E-state index is 6.13. The van der Waals surface area contributed by atoms with E-state index < -0.39 is 0 Å². The fourth-order valence-electron chi connectivity index (χ4n) is 1.73. The van der Waals surface area contributed by atoms with Crippen molar-refractivity contribution in [3.05, 3.63) is 29.5 Å². The summed E-state index contributed by atoms with van der Waals surface area (Å²) < 4.78 is 1.75. The number of nitrogens with zero attached hydrogens (tertiary/aromatic N) is 5. The average molecular weight is 274 g/mol. The Labute approximate surface area is 114 Å². The molecule has 0 saturated heterocycles. The molecular weight excluding hydrogens is 260 g/mol. The van der Waals surface area contributed by atoms with Crippen molar-refractivity contribution in [3.63, 3.8) is 0 Å². The lowest BCUT2D eigenvalue weighted by Gasteiger charge is -2.10. The predicted molar refractivity (Wildman–Crippen MR) is 73.7 cm³/mol. The molecular formula is C12H14N6S. The van der Waals surface area contributed by atoms with Gasteiger partial charge in [0.25, 0.3) is 0 Å². The molecule has 6 nitrogen and oxygen atoms in total. The summed E-state index contributed by atoms with van der Waals surface area (Å²) in [6.45, 7) is 4.16. The number of aromatic nitrogens is 5. The van der Waals surface area contributed by atoms with E-state index in [9.17, 15) is 0 Å². The third-order valence-corrected chi connectivity index (χ3v) is 3.95. The van der Waals surface area contributed by atoms with Gasteiger partial charge < -0.3 is 5.73 Å². The van der Waals surface area contributed by atoms with Crippen molar-refractivity contribution in [2.45, 2.75) is 19.9 Å². The minimum Gasteiger partial charge on any atom is -0.322 e. The van der Waals surface area contributed by atoms with Crippen molar-refractivity contribution in [3.8, 4) is 11.4 Å². The van der Waals surface area contributed by atoms with E-state index in [1.54, 1.807) is 16.9 Å². The third-order valence-electron chi connectivity index (χ3n) is 2.95. The monoisotopic (exact) mass is 274 g/mol. The fraction of sp³-hybridized carbons (Fsp3) is 0.333. The molecule has 19 heavy (non-hydrogen) atoms. The van der Waals surface area contributed by atoms with Gasteiger partial charge in [-0.25, -0.2) is 0 Å². The van der Waals surface area contributed by atoms with Gasteiger partial charge in [-0.2, -0.15) is 9.61 Å². The zero-order chi connectivity index (χ0) is 13.4. The quantitative estimate of drug-likeness (QED) is 0.788. The van der Waals surface area contributed by atoms with Gasteiger partial charge in [0.1, 0.15) is 5.01 Å². The van der Waals surface area contributed by atoms with Crippen LogP contribution in [0.5, 0.6) is 0 Å². The molecule has 3 aromatic rings. The van der Waals surface area contributed by atoms with Crippen LogP contribution < -0.4 is 5.73 Å². The summed E-state index contributed by atoms with van der Waals surface area (Å²) in [5, 5.41) is 13.7. The van der Waals surface area contributed by atoms with Gasteiger partial charge in [0, 0.05) is 18.0 Å². The van der Waals surface area contributed by atoms with Crippen LogP contribution in [0.3, 0.4) is 0 Å². The zero-order valence-electron chi connectivity index (χ0n) is 10.7. The van der Waals surface area contributed by atoms with Gasteiger partial charge in [-0.1, -0.05) is 25.2 Å². The number of pyridine rings is 1. The molecule has 0 aliphatic carbocycles. The molecule has 0 bridgehead atoms. The second-order valence-electron chi connectivity index (χ2n) is 4.66. The average Bonchev–Trinajstić information content (AvgIpc) is 2.98. The molecule has 0 spiro atoms. The molecule has 3 heterocycles. The van der Waals surface area contributed by atoms with Crippen molar-refractivity contribution in [2.24, 2.45) is 11.7 Å². The molecule has 0 aliphatic heterocycles. The highest BCUT2D eigenvalue weighted by atomic mass is 32.1. The minimum atomic E-state index is -0.0722. The summed E-state index contributed by atoms with van der Waals surface area (Å²) in [5.74, 6) is 1.06. The van der Waals surface area contributed by atoms with E-state index in [1.165, 1.54) is 11.3 Å². The van der Waals surface area contributed by atoms with E-state index in [0.29, 0.717) is 5.92 Å². The number of hydrogen-bond acceptors (Lipinski definition) is 6. The lowest BCUT2D eigenvalue weighted by molar-refractivity contribution is 0.507. The largest absolute Gasteiger partial charge is 0.322 e. The maximum absolute atomic E-state index is 6.13. The van der Waals surface area contributed by atoms with Gasteiger partial charge in [0.2, 0.25) is 4.96 Å². The van der Waals surface area contributed by atoms with Crippen LogP contribution in [-0.4, -0.2) is 24.8 Å². The SMILES string of the molecule is CC(C)C(N)c1nn2c(-c3ccncc3)nnc2s1. The van der Waals surface area contributed by atoms with Gasteiger partial charge in [0.15, 0.2) is 5.82 Å². The van der Waals surface area contributed by atoms with Crippen LogP contribution in [0, 0.1) is 5.92 Å². The van der Waals surface area contributed by atoms with Crippen LogP contribution >= 0.6 is 11.3 Å². The van der Waals surface area contributed by atoms with Gasteiger partial charge in [-0.05, 0) is 18.1 Å². The number of rotatable bonds is 3. The second kappa shape index (κ2) is 4.67. The lowest BCUT2D eigenvalue weighted by atomic mass is 10.1. The first-order valence-corrected chi connectivity index (χ1v) is 6.86. The van der Waals surface area contributed by atoms with E-state index in [0.717, 1.165) is 21.4 Å². The first-order valence-electron chi connectivity index (χ1n) is 6.05. The van der Waals surface area contributed by atoms with E-state index in [1.807, 2.05) is 12.1 Å². The molecule has 1 unspecified atom stereocenters. The Kier molecular flexibility index (Phi) is 3.00. The highest BCUT2D eigenvalue weighted by Crippen LogP contribution is 2.26. The highest BCUT2D eigenvalue weighted by molar-refractivity contribution is 7.16. The summed E-state index contributed by atoms with van der Waals surface area (Å²) in [7, 11) is 0. The number of hydrogen-bond donors (Lipinski definition) is 1. The molecule has 7 heteroatoms. The van der Waals surface area contributed by atoms with E-state index in [4.69, 9.17) is 5.73 Å². The Morgan fingerprint density at radius 1 is 1.21 bits per heavy atom. The van der Waals surface area contributed by atoms with Crippen LogP contribution in [0.15, 0.2) is 24.5 Å². The molecule has 0 amide bonds. The first kappa shape index (κ1) is 12.2. The predicted octanol–water partition coefficient (Wildman–Crippen LogP) is 1.90. The number of nitrogens with two attached hydrogens (primary N) is 1. The Balaban J connectivity index is 2.08. The fourth-order valence-corrected chi connectivity index (χ4v) is 2.75. The first-order chi connectivity index (χ1) is 9.16. The second-order valence-corrected chi connectivity index (χ2v) is 5.65. The molecule has 1 atom stereocenters. The van der Waals surface area contributed by atoms with Gasteiger partial charge >= 0.3 is 0 Å². The summed E-state index contributed by atoms with van der Waals surface area (Å²) in [6, 6.07) is 3.70. The molecule has 0 aromatic carbocycles. The molecule has 2 N–H and O–H groups in total. The van der Waals surface area contributed by atoms with Crippen LogP contribution in [0.1, 0.15) is 24.9 Å². The standard InChI is InChI=1S/C12H14N6S/c1-7(2)9(13)11-17-18-10(15-16-12(18)19-11)8-3-5-14-6-4-8/h3-7,9H,13H2,1-2H3. The summed E-state index contributed by atoms with van der Waals surface area (Å²) in [6.07, 6.45) is 3.45. The topological polar surface area (TPSA) is 82.0 Å². The van der Waals surface area contributed by atoms with Crippen LogP contribution in [-0.2, 0) is 0 Å². The van der Waals surface area contributed by atoms with Gasteiger partial charge in [-0.15, -0.1) is 10.2 Å². The van der Waals surface area contributed by atoms with Crippen molar-refractivity contribution in [1.29, 1.82) is 0 Å². The van der Waals surface area contributed by atoms with Gasteiger partial charge in [-0.3, -0.25) is 4.98 Å². The molecule has 0 fully saturated rings. The molecule has 0 saturated carbocycles. The highest BCUT2D eigenvalue weighted by Gasteiger charge is 2.19. The Bertz CT molecular complexity index is 687. The number of fused-ring (bicyclic) bond motifs is 1. The van der Waals surface area contributed by atoms with Crippen molar-refractivity contribution in [2.75, 3.05) is 0 Å². The molecule has 0 radical (unpaired) electrons. The van der Waals surface area contributed by atoms with E-state index >= 15 is 0 Å². The van der Waals surface area contributed by atoms with Crippen LogP contribution in [0.2, 0.25) is 0 Å². The van der Waals surface area contributed by atoms with Crippen molar-refractivity contribution >= 4 is 16.3 Å². The molecule has 3 rings (SSSR count). The van der Waals surface area contributed by atoms with Crippen LogP contribution in [0.4, 0.5) is 0 Å². The summed E-state index contributed by atoms with van der Waals surface area (Å²) in [5.41, 5.74) is 7.07. The minimum absolute atomic E-state index is 0.0722. The third kappa shape index (κ3) is 2.11.